The number of aryl methyl sites for hydroxylation is 1. The third-order valence-electron chi connectivity index (χ3n) is 4.67. The zero-order valence-electron chi connectivity index (χ0n) is 17.1. The number of hydrogen-bond acceptors (Lipinski definition) is 3. The van der Waals surface area contributed by atoms with Crippen LogP contribution in [0.25, 0.3) is 0 Å². The molecule has 6 heteroatoms. The minimum absolute atomic E-state index is 0.280. The first-order valence-corrected chi connectivity index (χ1v) is 10.6. The number of carbonyl (C=O) groups excluding carboxylic acids is 1. The minimum Gasteiger partial charge on any atom is -0.355 e. The number of nitrogens with zero attached hydrogens (tertiary/aromatic N) is 1. The lowest BCUT2D eigenvalue weighted by atomic mass is 10.1. The summed E-state index contributed by atoms with van der Waals surface area (Å²) in [6.07, 6.45) is 0. The Kier molecular flexibility index (Phi) is 8.24. The Bertz CT molecular complexity index is 815. The molecule has 0 unspecified atom stereocenters. The van der Waals surface area contributed by atoms with E-state index >= 15 is 0 Å². The van der Waals surface area contributed by atoms with Gasteiger partial charge in [-0.1, -0.05) is 0 Å². The van der Waals surface area contributed by atoms with E-state index in [-0.39, 0.29) is 5.91 Å². The highest BCUT2D eigenvalue weighted by molar-refractivity contribution is 14.1. The van der Waals surface area contributed by atoms with Crippen LogP contribution in [-0.4, -0.2) is 36.0 Å². The summed E-state index contributed by atoms with van der Waals surface area (Å²) in [5, 5.41) is 6.20. The van der Waals surface area contributed by atoms with Gasteiger partial charge in [-0.05, 0) is 99.2 Å². The Balaban J connectivity index is 2.13. The van der Waals surface area contributed by atoms with Gasteiger partial charge in [0.25, 0.3) is 5.91 Å². The molecule has 0 radical (unpaired) electrons. The van der Waals surface area contributed by atoms with Crippen molar-refractivity contribution in [3.8, 4) is 0 Å². The number of amides is 1. The minimum atomic E-state index is -0.430. The predicted octanol–water partition coefficient (Wildman–Crippen LogP) is 5.33. The highest BCUT2D eigenvalue weighted by Gasteiger charge is 2.16. The molecule has 0 bridgehead atoms. The van der Waals surface area contributed by atoms with E-state index in [9.17, 15) is 9.18 Å². The van der Waals surface area contributed by atoms with Crippen molar-refractivity contribution in [3.63, 3.8) is 0 Å². The van der Waals surface area contributed by atoms with Gasteiger partial charge in [-0.15, -0.1) is 0 Å². The molecule has 2 aromatic rings. The fourth-order valence-corrected chi connectivity index (χ4v) is 3.88. The maximum absolute atomic E-state index is 13.8. The highest BCUT2D eigenvalue weighted by atomic mass is 127. The molecule has 0 heterocycles. The number of anilines is 2. The normalized spacial score (nSPS) is 11.4. The standard InChI is InChI=1S/C22H29FIN3O/c1-14(2)27(15(3)4)11-10-25-22(28)19-13-17(23)6-8-21(19)26-20-9-7-18(24)12-16(20)5/h6-9,12-15,26H,10-11H2,1-5H3,(H,25,28). The van der Waals surface area contributed by atoms with E-state index < -0.39 is 5.82 Å². The van der Waals surface area contributed by atoms with Gasteiger partial charge >= 0.3 is 0 Å². The Morgan fingerprint density at radius 3 is 2.32 bits per heavy atom. The molecule has 0 spiro atoms. The SMILES string of the molecule is Cc1cc(I)ccc1Nc1ccc(F)cc1C(=O)NCCN(C(C)C)C(C)C. The van der Waals surface area contributed by atoms with Crippen LogP contribution in [0.1, 0.15) is 43.6 Å². The molecular weight excluding hydrogens is 468 g/mol. The zero-order valence-corrected chi connectivity index (χ0v) is 19.3. The van der Waals surface area contributed by atoms with Crippen molar-refractivity contribution in [3.05, 3.63) is 56.9 Å². The van der Waals surface area contributed by atoms with E-state index in [1.54, 1.807) is 6.07 Å². The lowest BCUT2D eigenvalue weighted by Crippen LogP contribution is -2.42. The number of hydrogen-bond donors (Lipinski definition) is 2. The second-order valence-electron chi connectivity index (χ2n) is 7.46. The molecular formula is C22H29FIN3O. The average molecular weight is 497 g/mol. The van der Waals surface area contributed by atoms with Crippen LogP contribution in [-0.2, 0) is 0 Å². The van der Waals surface area contributed by atoms with Crippen molar-refractivity contribution in [2.45, 2.75) is 46.7 Å². The first-order valence-electron chi connectivity index (χ1n) is 9.55. The van der Waals surface area contributed by atoms with Crippen molar-refractivity contribution in [1.82, 2.24) is 10.2 Å². The fraction of sp³-hybridized carbons (Fsp3) is 0.409. The summed E-state index contributed by atoms with van der Waals surface area (Å²) in [4.78, 5) is 15.0. The van der Waals surface area contributed by atoms with Crippen LogP contribution in [0.4, 0.5) is 15.8 Å². The van der Waals surface area contributed by atoms with Gasteiger partial charge < -0.3 is 10.6 Å². The summed E-state index contributed by atoms with van der Waals surface area (Å²) < 4.78 is 15.0. The summed E-state index contributed by atoms with van der Waals surface area (Å²) in [5.41, 5.74) is 2.85. The molecule has 152 valence electrons. The third kappa shape index (κ3) is 6.17. The van der Waals surface area contributed by atoms with Gasteiger partial charge in [0.05, 0.1) is 11.3 Å². The maximum atomic E-state index is 13.8. The molecule has 0 atom stereocenters. The van der Waals surface area contributed by atoms with Crippen LogP contribution in [0, 0.1) is 16.3 Å². The van der Waals surface area contributed by atoms with E-state index in [1.807, 2.05) is 19.1 Å². The molecule has 0 aliphatic rings. The molecule has 1 amide bonds. The molecule has 28 heavy (non-hydrogen) atoms. The lowest BCUT2D eigenvalue weighted by molar-refractivity contribution is 0.0940. The molecule has 2 N–H and O–H groups in total. The predicted molar refractivity (Wildman–Crippen MR) is 123 cm³/mol. The zero-order chi connectivity index (χ0) is 20.8. The molecule has 0 aliphatic heterocycles. The van der Waals surface area contributed by atoms with Crippen molar-refractivity contribution in [1.29, 1.82) is 0 Å². The first-order chi connectivity index (χ1) is 13.2. The smallest absolute Gasteiger partial charge is 0.253 e. The molecule has 0 saturated heterocycles. The largest absolute Gasteiger partial charge is 0.355 e. The van der Waals surface area contributed by atoms with E-state index in [1.165, 1.54) is 12.1 Å². The second kappa shape index (κ2) is 10.2. The monoisotopic (exact) mass is 497 g/mol. The Morgan fingerprint density at radius 1 is 1.07 bits per heavy atom. The van der Waals surface area contributed by atoms with Crippen LogP contribution >= 0.6 is 22.6 Å². The van der Waals surface area contributed by atoms with E-state index in [4.69, 9.17) is 0 Å². The van der Waals surface area contributed by atoms with Gasteiger partial charge in [0.1, 0.15) is 5.82 Å². The number of benzene rings is 2. The van der Waals surface area contributed by atoms with Gasteiger partial charge in [0, 0.05) is 34.4 Å². The summed E-state index contributed by atoms with van der Waals surface area (Å²) in [7, 11) is 0. The first kappa shape index (κ1) is 22.6. The molecule has 0 aromatic heterocycles. The second-order valence-corrected chi connectivity index (χ2v) is 8.70. The number of halogens is 2. The van der Waals surface area contributed by atoms with Gasteiger partial charge in [0.2, 0.25) is 0 Å². The quantitative estimate of drug-likeness (QED) is 0.485. The molecule has 2 aromatic carbocycles. The van der Waals surface area contributed by atoms with Gasteiger partial charge in [0.15, 0.2) is 0 Å². The number of carbonyl (C=O) groups is 1. The molecule has 0 aliphatic carbocycles. The molecule has 2 rings (SSSR count). The van der Waals surface area contributed by atoms with E-state index in [0.717, 1.165) is 21.4 Å². The molecule has 0 fully saturated rings. The van der Waals surface area contributed by atoms with Crippen LogP contribution < -0.4 is 10.6 Å². The topological polar surface area (TPSA) is 44.4 Å². The van der Waals surface area contributed by atoms with Crippen molar-refractivity contribution < 1.29 is 9.18 Å². The van der Waals surface area contributed by atoms with Crippen molar-refractivity contribution in [2.75, 3.05) is 18.4 Å². The summed E-state index contributed by atoms with van der Waals surface area (Å²) in [5.74, 6) is -0.710. The summed E-state index contributed by atoms with van der Waals surface area (Å²) >= 11 is 2.26. The van der Waals surface area contributed by atoms with Gasteiger partial charge in [-0.25, -0.2) is 4.39 Å². The van der Waals surface area contributed by atoms with Gasteiger partial charge in [-0.2, -0.15) is 0 Å². The summed E-state index contributed by atoms with van der Waals surface area (Å²) in [6.45, 7) is 11.8. The average Bonchev–Trinajstić information content (AvgIpc) is 2.61. The fourth-order valence-electron chi connectivity index (χ4n) is 3.23. The van der Waals surface area contributed by atoms with Crippen LogP contribution in [0.15, 0.2) is 36.4 Å². The number of nitrogens with one attached hydrogen (secondary N) is 2. The van der Waals surface area contributed by atoms with Crippen LogP contribution in [0.5, 0.6) is 0 Å². The maximum Gasteiger partial charge on any atom is 0.253 e. The highest BCUT2D eigenvalue weighted by Crippen LogP contribution is 2.25. The Morgan fingerprint density at radius 2 is 1.71 bits per heavy atom. The van der Waals surface area contributed by atoms with Crippen LogP contribution in [0.2, 0.25) is 0 Å². The number of rotatable bonds is 8. The summed E-state index contributed by atoms with van der Waals surface area (Å²) in [6, 6.07) is 11.0. The van der Waals surface area contributed by atoms with E-state index in [0.29, 0.717) is 29.9 Å². The Labute approximate surface area is 181 Å². The van der Waals surface area contributed by atoms with Crippen LogP contribution in [0.3, 0.4) is 0 Å². The van der Waals surface area contributed by atoms with Crippen molar-refractivity contribution >= 4 is 39.9 Å². The van der Waals surface area contributed by atoms with E-state index in [2.05, 4.69) is 71.9 Å². The van der Waals surface area contributed by atoms with Gasteiger partial charge in [-0.3, -0.25) is 9.69 Å². The molecule has 4 nitrogen and oxygen atoms in total. The van der Waals surface area contributed by atoms with Crippen molar-refractivity contribution in [2.24, 2.45) is 0 Å². The Hall–Kier alpha value is -1.67. The third-order valence-corrected chi connectivity index (χ3v) is 5.34. The lowest BCUT2D eigenvalue weighted by Gasteiger charge is -2.30. The molecule has 0 saturated carbocycles.